The molecule has 2 aromatic heterocycles. The van der Waals surface area contributed by atoms with Gasteiger partial charge in [0, 0.05) is 37.5 Å². The molecule has 6 rings (SSSR count). The Morgan fingerprint density at radius 3 is 2.64 bits per heavy atom. The van der Waals surface area contributed by atoms with Crippen molar-refractivity contribution in [1.29, 1.82) is 5.26 Å². The number of rotatable bonds is 5. The van der Waals surface area contributed by atoms with Gasteiger partial charge in [0.05, 0.1) is 28.8 Å². The number of nitriles is 1. The molecule has 1 spiro atoms. The average molecular weight is 444 g/mol. The van der Waals surface area contributed by atoms with Gasteiger partial charge >= 0.3 is 0 Å². The van der Waals surface area contributed by atoms with Crippen molar-refractivity contribution in [3.05, 3.63) is 36.0 Å². The number of aliphatic hydroxyl groups is 1. The van der Waals surface area contributed by atoms with Crippen LogP contribution in [0.5, 0.6) is 0 Å². The highest BCUT2D eigenvalue weighted by Crippen LogP contribution is 2.78. The summed E-state index contributed by atoms with van der Waals surface area (Å²) in [5, 5.41) is 29.2. The highest BCUT2D eigenvalue weighted by molar-refractivity contribution is 5.82. The molecule has 3 fully saturated rings. The van der Waals surface area contributed by atoms with E-state index in [1.165, 1.54) is 0 Å². The Labute approximate surface area is 193 Å². The molecular weight excluding hydrogens is 414 g/mol. The number of anilines is 2. The molecule has 2 saturated carbocycles. The van der Waals surface area contributed by atoms with E-state index >= 15 is 0 Å². The van der Waals surface area contributed by atoms with Crippen LogP contribution in [0.2, 0.25) is 0 Å². The third-order valence-electron chi connectivity index (χ3n) is 8.14. The Hall–Kier alpha value is -3.18. The first kappa shape index (κ1) is 20.4. The van der Waals surface area contributed by atoms with Crippen molar-refractivity contribution >= 4 is 22.7 Å². The summed E-state index contributed by atoms with van der Waals surface area (Å²) in [7, 11) is 1.81. The van der Waals surface area contributed by atoms with Crippen LogP contribution < -0.4 is 10.2 Å². The molecule has 1 aliphatic heterocycles. The SMILES string of the molecule is CNc1nc(N2CC[C@@H](C(C)(C)O)C2)cc(-n2ncc3ccc(C4(C#N)CC45CC5)cc32)n1. The van der Waals surface area contributed by atoms with Crippen LogP contribution in [0.3, 0.4) is 0 Å². The molecule has 2 N–H and O–H groups in total. The first-order valence-electron chi connectivity index (χ1n) is 11.7. The number of benzene rings is 1. The van der Waals surface area contributed by atoms with E-state index in [0.29, 0.717) is 11.8 Å². The quantitative estimate of drug-likeness (QED) is 0.623. The monoisotopic (exact) mass is 443 g/mol. The molecule has 8 heteroatoms. The highest BCUT2D eigenvalue weighted by atomic mass is 16.3. The molecule has 2 aliphatic carbocycles. The van der Waals surface area contributed by atoms with Gasteiger partial charge in [-0.1, -0.05) is 12.1 Å². The Bertz CT molecular complexity index is 1300. The van der Waals surface area contributed by atoms with E-state index < -0.39 is 5.60 Å². The van der Waals surface area contributed by atoms with Crippen LogP contribution in [0.1, 0.15) is 45.1 Å². The van der Waals surface area contributed by atoms with Crippen LogP contribution in [0.4, 0.5) is 11.8 Å². The van der Waals surface area contributed by atoms with E-state index in [4.69, 9.17) is 0 Å². The molecule has 3 heterocycles. The fourth-order valence-electron chi connectivity index (χ4n) is 5.66. The Balaban J connectivity index is 1.40. The van der Waals surface area contributed by atoms with Gasteiger partial charge in [0.1, 0.15) is 5.82 Å². The summed E-state index contributed by atoms with van der Waals surface area (Å²) in [6.45, 7) is 5.34. The van der Waals surface area contributed by atoms with E-state index in [0.717, 1.165) is 61.1 Å². The van der Waals surface area contributed by atoms with Gasteiger partial charge in [0.2, 0.25) is 5.95 Å². The zero-order valence-corrected chi connectivity index (χ0v) is 19.3. The minimum atomic E-state index is -0.719. The van der Waals surface area contributed by atoms with E-state index in [-0.39, 0.29) is 16.7 Å². The molecule has 33 heavy (non-hydrogen) atoms. The Morgan fingerprint density at radius 2 is 2.00 bits per heavy atom. The van der Waals surface area contributed by atoms with Gasteiger partial charge in [-0.3, -0.25) is 0 Å². The van der Waals surface area contributed by atoms with Crippen molar-refractivity contribution in [1.82, 2.24) is 19.7 Å². The zero-order valence-electron chi connectivity index (χ0n) is 19.3. The predicted molar refractivity (Wildman–Crippen MR) is 126 cm³/mol. The third-order valence-corrected chi connectivity index (χ3v) is 8.14. The minimum Gasteiger partial charge on any atom is -0.390 e. The number of nitrogens with zero attached hydrogens (tertiary/aromatic N) is 6. The van der Waals surface area contributed by atoms with Gasteiger partial charge in [0.25, 0.3) is 0 Å². The van der Waals surface area contributed by atoms with Gasteiger partial charge in [-0.25, -0.2) is 4.68 Å². The lowest BCUT2D eigenvalue weighted by Crippen LogP contribution is -2.33. The van der Waals surface area contributed by atoms with Crippen molar-refractivity contribution in [2.24, 2.45) is 11.3 Å². The van der Waals surface area contributed by atoms with Crippen molar-refractivity contribution in [3.8, 4) is 11.9 Å². The molecule has 1 saturated heterocycles. The fraction of sp³-hybridized carbons (Fsp3) is 0.520. The standard InChI is InChI=1S/C25H29N7O/c1-23(2,33)18-6-9-31(13-18)20-11-21(30-22(27-3)29-20)32-19-10-17(5-4-16(19)12-28-32)25(15-26)14-24(25)7-8-24/h4-5,10-12,18,33H,6-9,13-14H2,1-3H3,(H,27,29,30)/t18-,25?/m1/s1. The first-order chi connectivity index (χ1) is 15.8. The summed E-state index contributed by atoms with van der Waals surface area (Å²) in [5.41, 5.74) is 1.20. The second-order valence-corrected chi connectivity index (χ2v) is 10.5. The molecular formula is C25H29N7O. The second-order valence-electron chi connectivity index (χ2n) is 10.5. The number of fused-ring (bicyclic) bond motifs is 1. The van der Waals surface area contributed by atoms with Crippen LogP contribution in [0.25, 0.3) is 16.7 Å². The molecule has 3 aromatic rings. The van der Waals surface area contributed by atoms with Gasteiger partial charge in [-0.2, -0.15) is 20.3 Å². The lowest BCUT2D eigenvalue weighted by atomic mass is 9.90. The topological polar surface area (TPSA) is 103 Å². The zero-order chi connectivity index (χ0) is 23.0. The largest absolute Gasteiger partial charge is 0.390 e. The van der Waals surface area contributed by atoms with E-state index in [9.17, 15) is 10.4 Å². The Kier molecular flexibility index (Phi) is 4.13. The summed E-state index contributed by atoms with van der Waals surface area (Å²) in [6, 6.07) is 10.9. The normalized spacial score (nSPS) is 25.4. The molecule has 8 nitrogen and oxygen atoms in total. The van der Waals surface area contributed by atoms with Gasteiger partial charge in [-0.05, 0) is 56.6 Å². The maximum Gasteiger partial charge on any atom is 0.226 e. The molecule has 0 amide bonds. The van der Waals surface area contributed by atoms with Crippen molar-refractivity contribution in [2.45, 2.75) is 50.5 Å². The smallest absolute Gasteiger partial charge is 0.226 e. The third kappa shape index (κ3) is 3.02. The molecule has 0 radical (unpaired) electrons. The summed E-state index contributed by atoms with van der Waals surface area (Å²) >= 11 is 0. The average Bonchev–Trinajstić information content (AvgIpc) is 3.55. The van der Waals surface area contributed by atoms with Gasteiger partial charge < -0.3 is 15.3 Å². The maximum atomic E-state index is 10.5. The van der Waals surface area contributed by atoms with Crippen LogP contribution in [-0.2, 0) is 5.41 Å². The summed E-state index contributed by atoms with van der Waals surface area (Å²) in [4.78, 5) is 11.6. The molecule has 2 atom stereocenters. The van der Waals surface area contributed by atoms with Crippen molar-refractivity contribution < 1.29 is 5.11 Å². The lowest BCUT2D eigenvalue weighted by molar-refractivity contribution is 0.0263. The molecule has 1 unspecified atom stereocenters. The van der Waals surface area contributed by atoms with Crippen LogP contribution in [0.15, 0.2) is 30.5 Å². The van der Waals surface area contributed by atoms with Gasteiger partial charge in [0.15, 0.2) is 5.82 Å². The first-order valence-corrected chi connectivity index (χ1v) is 11.7. The number of hydrogen-bond acceptors (Lipinski definition) is 7. The molecule has 0 bridgehead atoms. The molecule has 3 aliphatic rings. The fourth-order valence-corrected chi connectivity index (χ4v) is 5.66. The van der Waals surface area contributed by atoms with Crippen molar-refractivity contribution in [2.75, 3.05) is 30.4 Å². The number of nitrogens with one attached hydrogen (secondary N) is 1. The number of hydrogen-bond donors (Lipinski definition) is 2. The summed E-state index contributed by atoms with van der Waals surface area (Å²) in [5.74, 6) is 2.23. The second kappa shape index (κ2) is 6.67. The predicted octanol–water partition coefficient (Wildman–Crippen LogP) is 3.40. The minimum absolute atomic E-state index is 0.192. The van der Waals surface area contributed by atoms with Crippen LogP contribution >= 0.6 is 0 Å². The highest BCUT2D eigenvalue weighted by Gasteiger charge is 2.75. The Morgan fingerprint density at radius 1 is 1.21 bits per heavy atom. The molecule has 1 aromatic carbocycles. The summed E-state index contributed by atoms with van der Waals surface area (Å²) < 4.78 is 1.85. The van der Waals surface area contributed by atoms with Crippen LogP contribution in [0, 0.1) is 22.7 Å². The van der Waals surface area contributed by atoms with E-state index in [1.807, 2.05) is 37.8 Å². The van der Waals surface area contributed by atoms with E-state index in [2.05, 4.69) is 49.6 Å². The van der Waals surface area contributed by atoms with Crippen LogP contribution in [-0.4, -0.2) is 50.6 Å². The van der Waals surface area contributed by atoms with E-state index in [1.54, 1.807) is 0 Å². The molecule has 170 valence electrons. The number of aromatic nitrogens is 4. The maximum absolute atomic E-state index is 10.5. The lowest BCUT2D eigenvalue weighted by Gasteiger charge is -2.26. The summed E-state index contributed by atoms with van der Waals surface area (Å²) in [6.07, 6.45) is 6.04. The van der Waals surface area contributed by atoms with Crippen molar-refractivity contribution in [3.63, 3.8) is 0 Å². The van der Waals surface area contributed by atoms with Gasteiger partial charge in [-0.15, -0.1) is 0 Å².